The van der Waals surface area contributed by atoms with E-state index in [0.717, 1.165) is 31.6 Å². The Morgan fingerprint density at radius 3 is 2.62 bits per heavy atom. The van der Waals surface area contributed by atoms with Crippen molar-refractivity contribution in [2.45, 2.75) is 32.4 Å². The highest BCUT2D eigenvalue weighted by Gasteiger charge is 2.27. The standard InChI is InChI=1S/C22H27F2N3O.HI/c1-15-5-7-16(8-6-15)21-17(4-3-11-28-21)13-26-22(25-2)27-14-18-12-19(23)9-10-20(18)24;/h5-10,12,17,21H,3-4,11,13-14H2,1-2H3,(H2,25,26,27);1H. The number of aliphatic imine (C=N–C) groups is 1. The van der Waals surface area contributed by atoms with Crippen LogP contribution in [0.1, 0.15) is 35.6 Å². The molecule has 7 heteroatoms. The lowest BCUT2D eigenvalue weighted by molar-refractivity contribution is -0.0265. The number of nitrogens with one attached hydrogen (secondary N) is 2. The van der Waals surface area contributed by atoms with Gasteiger partial charge in [0.2, 0.25) is 0 Å². The van der Waals surface area contributed by atoms with Crippen molar-refractivity contribution in [2.24, 2.45) is 10.9 Å². The molecule has 2 aromatic carbocycles. The van der Waals surface area contributed by atoms with Crippen molar-refractivity contribution in [3.8, 4) is 0 Å². The highest BCUT2D eigenvalue weighted by atomic mass is 127. The second-order valence-electron chi connectivity index (χ2n) is 7.15. The number of benzene rings is 2. The molecule has 0 radical (unpaired) electrons. The third-order valence-electron chi connectivity index (χ3n) is 5.06. The Balaban J connectivity index is 0.00000300. The SMILES string of the molecule is CN=C(NCc1cc(F)ccc1F)NCC1CCCOC1c1ccc(C)cc1.I. The third kappa shape index (κ3) is 6.64. The molecular weight excluding hydrogens is 487 g/mol. The quantitative estimate of drug-likeness (QED) is 0.344. The number of ether oxygens (including phenoxy) is 1. The lowest BCUT2D eigenvalue weighted by atomic mass is 9.89. The Morgan fingerprint density at radius 2 is 1.90 bits per heavy atom. The van der Waals surface area contributed by atoms with Crippen LogP contribution in [0.5, 0.6) is 0 Å². The van der Waals surface area contributed by atoms with Crippen LogP contribution >= 0.6 is 24.0 Å². The summed E-state index contributed by atoms with van der Waals surface area (Å²) in [5.41, 5.74) is 2.67. The summed E-state index contributed by atoms with van der Waals surface area (Å²) >= 11 is 0. The second-order valence-corrected chi connectivity index (χ2v) is 7.15. The van der Waals surface area contributed by atoms with Crippen molar-refractivity contribution < 1.29 is 13.5 Å². The molecule has 0 aliphatic carbocycles. The normalized spacial score (nSPS) is 19.4. The molecule has 1 aliphatic heterocycles. The van der Waals surface area contributed by atoms with Crippen LogP contribution in [-0.2, 0) is 11.3 Å². The zero-order valence-electron chi connectivity index (χ0n) is 16.8. The van der Waals surface area contributed by atoms with Crippen LogP contribution < -0.4 is 10.6 Å². The van der Waals surface area contributed by atoms with Gasteiger partial charge in [-0.25, -0.2) is 8.78 Å². The van der Waals surface area contributed by atoms with E-state index >= 15 is 0 Å². The Labute approximate surface area is 188 Å². The first-order chi connectivity index (χ1) is 13.6. The summed E-state index contributed by atoms with van der Waals surface area (Å²) in [4.78, 5) is 4.19. The number of hydrogen-bond donors (Lipinski definition) is 2. The molecular formula is C22H28F2IN3O. The van der Waals surface area contributed by atoms with Gasteiger partial charge in [-0.15, -0.1) is 24.0 Å². The van der Waals surface area contributed by atoms with Crippen LogP contribution in [0.2, 0.25) is 0 Å². The molecule has 0 aromatic heterocycles. The van der Waals surface area contributed by atoms with E-state index in [1.165, 1.54) is 17.2 Å². The summed E-state index contributed by atoms with van der Waals surface area (Å²) in [6.45, 7) is 3.68. The maximum Gasteiger partial charge on any atom is 0.191 e. The molecule has 0 spiro atoms. The van der Waals surface area contributed by atoms with Gasteiger partial charge in [-0.2, -0.15) is 0 Å². The van der Waals surface area contributed by atoms with Crippen LogP contribution in [-0.4, -0.2) is 26.2 Å². The van der Waals surface area contributed by atoms with Crippen molar-refractivity contribution in [3.05, 3.63) is 70.8 Å². The molecule has 158 valence electrons. The lowest BCUT2D eigenvalue weighted by Gasteiger charge is -2.32. The Morgan fingerprint density at radius 1 is 1.14 bits per heavy atom. The van der Waals surface area contributed by atoms with Crippen molar-refractivity contribution in [3.63, 3.8) is 0 Å². The number of hydrogen-bond acceptors (Lipinski definition) is 2. The predicted molar refractivity (Wildman–Crippen MR) is 123 cm³/mol. The number of halogens is 3. The van der Waals surface area contributed by atoms with Gasteiger partial charge in [-0.1, -0.05) is 29.8 Å². The van der Waals surface area contributed by atoms with E-state index in [-0.39, 0.29) is 42.2 Å². The molecule has 2 N–H and O–H groups in total. The summed E-state index contributed by atoms with van der Waals surface area (Å²) in [6.07, 6.45) is 2.12. The Hall–Kier alpha value is -1.74. The van der Waals surface area contributed by atoms with Gasteiger partial charge in [0.1, 0.15) is 11.6 Å². The summed E-state index contributed by atoms with van der Waals surface area (Å²) in [6, 6.07) is 11.9. The highest BCUT2D eigenvalue weighted by Crippen LogP contribution is 2.33. The van der Waals surface area contributed by atoms with Gasteiger partial charge in [0.25, 0.3) is 0 Å². The topological polar surface area (TPSA) is 45.7 Å². The minimum Gasteiger partial charge on any atom is -0.373 e. The molecule has 1 saturated heterocycles. The van der Waals surface area contributed by atoms with Crippen LogP contribution in [0.15, 0.2) is 47.5 Å². The summed E-state index contributed by atoms with van der Waals surface area (Å²) < 4.78 is 33.2. The number of guanidine groups is 1. The van der Waals surface area contributed by atoms with Crippen molar-refractivity contribution in [2.75, 3.05) is 20.2 Å². The smallest absolute Gasteiger partial charge is 0.191 e. The Bertz CT molecular complexity index is 814. The van der Waals surface area contributed by atoms with Gasteiger partial charge in [-0.05, 0) is 43.5 Å². The average molecular weight is 515 g/mol. The minimum atomic E-state index is -0.457. The molecule has 0 saturated carbocycles. The van der Waals surface area contributed by atoms with Crippen molar-refractivity contribution in [1.82, 2.24) is 10.6 Å². The summed E-state index contributed by atoms with van der Waals surface area (Å²) in [5.74, 6) is -0.0382. The molecule has 2 unspecified atom stereocenters. The molecule has 29 heavy (non-hydrogen) atoms. The van der Waals surface area contributed by atoms with E-state index in [9.17, 15) is 8.78 Å². The lowest BCUT2D eigenvalue weighted by Crippen LogP contribution is -2.41. The van der Waals surface area contributed by atoms with E-state index in [1.54, 1.807) is 7.05 Å². The zero-order chi connectivity index (χ0) is 19.9. The van der Waals surface area contributed by atoms with E-state index in [1.807, 2.05) is 0 Å². The average Bonchev–Trinajstić information content (AvgIpc) is 2.71. The van der Waals surface area contributed by atoms with Crippen LogP contribution in [0.25, 0.3) is 0 Å². The number of aryl methyl sites for hydroxylation is 1. The van der Waals surface area contributed by atoms with Crippen LogP contribution in [0.3, 0.4) is 0 Å². The first-order valence-electron chi connectivity index (χ1n) is 9.63. The highest BCUT2D eigenvalue weighted by molar-refractivity contribution is 14.0. The molecule has 2 atom stereocenters. The van der Waals surface area contributed by atoms with Crippen molar-refractivity contribution >= 4 is 29.9 Å². The van der Waals surface area contributed by atoms with E-state index in [4.69, 9.17) is 4.74 Å². The summed E-state index contributed by atoms with van der Waals surface area (Å²) in [5, 5.41) is 6.34. The minimum absolute atomic E-state index is 0. The molecule has 2 aromatic rings. The molecule has 1 fully saturated rings. The summed E-state index contributed by atoms with van der Waals surface area (Å²) in [7, 11) is 1.66. The number of nitrogens with zero attached hydrogens (tertiary/aromatic N) is 1. The van der Waals surface area contributed by atoms with Gasteiger partial charge in [-0.3, -0.25) is 4.99 Å². The first kappa shape index (κ1) is 23.5. The van der Waals surface area contributed by atoms with Gasteiger partial charge < -0.3 is 15.4 Å². The predicted octanol–water partition coefficient (Wildman–Crippen LogP) is 4.72. The van der Waals surface area contributed by atoms with E-state index < -0.39 is 11.6 Å². The molecule has 0 bridgehead atoms. The fourth-order valence-corrected chi connectivity index (χ4v) is 3.48. The van der Waals surface area contributed by atoms with Crippen molar-refractivity contribution in [1.29, 1.82) is 0 Å². The maximum atomic E-state index is 13.8. The monoisotopic (exact) mass is 515 g/mol. The zero-order valence-corrected chi connectivity index (χ0v) is 19.1. The second kappa shape index (κ2) is 11.4. The van der Waals surface area contributed by atoms with Gasteiger partial charge in [0.05, 0.1) is 6.10 Å². The van der Waals surface area contributed by atoms with Crippen LogP contribution in [0, 0.1) is 24.5 Å². The largest absolute Gasteiger partial charge is 0.373 e. The molecule has 3 rings (SSSR count). The fraction of sp³-hybridized carbons (Fsp3) is 0.409. The van der Waals surface area contributed by atoms with Crippen LogP contribution in [0.4, 0.5) is 8.78 Å². The first-order valence-corrected chi connectivity index (χ1v) is 9.63. The fourth-order valence-electron chi connectivity index (χ4n) is 3.48. The van der Waals surface area contributed by atoms with E-state index in [2.05, 4.69) is 46.8 Å². The Kier molecular flexibility index (Phi) is 9.29. The van der Waals surface area contributed by atoms with Gasteiger partial charge in [0.15, 0.2) is 5.96 Å². The molecule has 0 amide bonds. The number of rotatable bonds is 5. The van der Waals surface area contributed by atoms with Gasteiger partial charge in [0, 0.05) is 38.2 Å². The van der Waals surface area contributed by atoms with Gasteiger partial charge >= 0.3 is 0 Å². The molecule has 4 nitrogen and oxygen atoms in total. The molecule has 1 aliphatic rings. The molecule has 1 heterocycles. The van der Waals surface area contributed by atoms with E-state index in [0.29, 0.717) is 18.4 Å². The maximum absolute atomic E-state index is 13.8. The third-order valence-corrected chi connectivity index (χ3v) is 5.06.